The molecular weight excluding hydrogens is 364 g/mol. The first-order valence-corrected chi connectivity index (χ1v) is 9.07. The fourth-order valence-corrected chi connectivity index (χ4v) is 3.49. The number of amides is 1. The van der Waals surface area contributed by atoms with Crippen LogP contribution in [0.2, 0.25) is 0 Å². The smallest absolute Gasteiger partial charge is 0.271 e. The molecular formula is C19H20N4O3S. The molecule has 0 saturated heterocycles. The van der Waals surface area contributed by atoms with Crippen molar-refractivity contribution in [2.24, 2.45) is 5.10 Å². The molecule has 0 aliphatic heterocycles. The lowest BCUT2D eigenvalue weighted by Gasteiger charge is -2.08. The van der Waals surface area contributed by atoms with Crippen LogP contribution >= 0.6 is 11.3 Å². The highest BCUT2D eigenvalue weighted by atomic mass is 32.1. The Morgan fingerprint density at radius 1 is 1.22 bits per heavy atom. The number of methoxy groups -OCH3 is 2. The maximum absolute atomic E-state index is 12.3. The van der Waals surface area contributed by atoms with Gasteiger partial charge in [0.1, 0.15) is 0 Å². The van der Waals surface area contributed by atoms with Crippen LogP contribution in [0, 0.1) is 13.8 Å². The van der Waals surface area contributed by atoms with Crippen LogP contribution in [0.5, 0.6) is 11.5 Å². The summed E-state index contributed by atoms with van der Waals surface area (Å²) in [6.45, 7) is 4.00. The minimum absolute atomic E-state index is 0.332. The molecule has 0 radical (unpaired) electrons. The SMILES string of the molecule is COc1ccc(C(=O)N/N=C\c2cc(C)n(-c3nccs3)c2C)cc1OC. The minimum atomic E-state index is -0.332. The van der Waals surface area contributed by atoms with Gasteiger partial charge < -0.3 is 9.47 Å². The molecule has 2 heterocycles. The van der Waals surface area contributed by atoms with Gasteiger partial charge in [0.25, 0.3) is 5.91 Å². The van der Waals surface area contributed by atoms with Gasteiger partial charge in [-0.3, -0.25) is 9.36 Å². The zero-order chi connectivity index (χ0) is 19.4. The van der Waals surface area contributed by atoms with E-state index in [0.717, 1.165) is 22.1 Å². The molecule has 1 N–H and O–H groups in total. The van der Waals surface area contributed by atoms with Crippen molar-refractivity contribution in [3.05, 3.63) is 58.4 Å². The zero-order valence-electron chi connectivity index (χ0n) is 15.5. The summed E-state index contributed by atoms with van der Waals surface area (Å²) in [7, 11) is 3.07. The first-order chi connectivity index (χ1) is 13.0. The van der Waals surface area contributed by atoms with Gasteiger partial charge in [-0.2, -0.15) is 5.10 Å². The first-order valence-electron chi connectivity index (χ1n) is 8.19. The third-order valence-corrected chi connectivity index (χ3v) is 4.85. The van der Waals surface area contributed by atoms with Crippen molar-refractivity contribution in [2.45, 2.75) is 13.8 Å². The largest absolute Gasteiger partial charge is 0.493 e. The van der Waals surface area contributed by atoms with E-state index in [1.54, 1.807) is 49.1 Å². The summed E-state index contributed by atoms with van der Waals surface area (Å²) in [5.41, 5.74) is 5.94. The Balaban J connectivity index is 1.74. The summed E-state index contributed by atoms with van der Waals surface area (Å²) in [6.07, 6.45) is 3.40. The number of nitrogens with one attached hydrogen (secondary N) is 1. The average Bonchev–Trinajstić information content (AvgIpc) is 3.29. The second kappa shape index (κ2) is 8.05. The number of rotatable bonds is 6. The van der Waals surface area contributed by atoms with Crippen molar-refractivity contribution >= 4 is 23.5 Å². The number of aryl methyl sites for hydroxylation is 1. The van der Waals surface area contributed by atoms with E-state index in [2.05, 4.69) is 20.1 Å². The van der Waals surface area contributed by atoms with Crippen molar-refractivity contribution in [3.63, 3.8) is 0 Å². The number of nitrogens with zero attached hydrogens (tertiary/aromatic N) is 3. The third-order valence-electron chi connectivity index (χ3n) is 4.10. The molecule has 27 heavy (non-hydrogen) atoms. The van der Waals surface area contributed by atoms with E-state index in [1.165, 1.54) is 7.11 Å². The predicted molar refractivity (Wildman–Crippen MR) is 106 cm³/mol. The molecule has 0 fully saturated rings. The monoisotopic (exact) mass is 384 g/mol. The van der Waals surface area contributed by atoms with E-state index in [-0.39, 0.29) is 5.91 Å². The van der Waals surface area contributed by atoms with Gasteiger partial charge in [-0.15, -0.1) is 11.3 Å². The number of carbonyl (C=O) groups excluding carboxylic acids is 1. The summed E-state index contributed by atoms with van der Waals surface area (Å²) in [4.78, 5) is 16.7. The number of aromatic nitrogens is 2. The highest BCUT2D eigenvalue weighted by Gasteiger charge is 2.12. The van der Waals surface area contributed by atoms with E-state index >= 15 is 0 Å². The highest BCUT2D eigenvalue weighted by Crippen LogP contribution is 2.27. The molecule has 2 aromatic heterocycles. The maximum atomic E-state index is 12.3. The van der Waals surface area contributed by atoms with Gasteiger partial charge >= 0.3 is 0 Å². The molecule has 0 bridgehead atoms. The molecule has 3 aromatic rings. The van der Waals surface area contributed by atoms with E-state index in [9.17, 15) is 4.79 Å². The first kappa shape index (κ1) is 18.7. The van der Waals surface area contributed by atoms with Gasteiger partial charge in [0, 0.05) is 34.1 Å². The standard InChI is InChI=1S/C19H20N4O3S/c1-12-9-15(13(2)23(12)19-20-7-8-27-19)11-21-22-18(24)14-5-6-16(25-3)17(10-14)26-4/h5-11H,1-4H3,(H,22,24)/b21-11-. The van der Waals surface area contributed by atoms with Crippen molar-refractivity contribution in [1.82, 2.24) is 15.0 Å². The topological polar surface area (TPSA) is 77.7 Å². The Labute approximate surface area is 161 Å². The van der Waals surface area contributed by atoms with Crippen molar-refractivity contribution < 1.29 is 14.3 Å². The van der Waals surface area contributed by atoms with Gasteiger partial charge in [0.15, 0.2) is 16.6 Å². The molecule has 3 rings (SSSR count). The Morgan fingerprint density at radius 3 is 2.67 bits per heavy atom. The molecule has 1 aromatic carbocycles. The van der Waals surface area contributed by atoms with Crippen LogP contribution in [0.1, 0.15) is 27.3 Å². The number of hydrogen-bond acceptors (Lipinski definition) is 6. The van der Waals surface area contributed by atoms with E-state index in [4.69, 9.17) is 9.47 Å². The molecule has 7 nitrogen and oxygen atoms in total. The van der Waals surface area contributed by atoms with Crippen LogP contribution in [0.4, 0.5) is 0 Å². The molecule has 140 valence electrons. The third kappa shape index (κ3) is 3.85. The molecule has 8 heteroatoms. The van der Waals surface area contributed by atoms with Gasteiger partial charge in [0.2, 0.25) is 0 Å². The van der Waals surface area contributed by atoms with Gasteiger partial charge in [-0.05, 0) is 38.1 Å². The van der Waals surface area contributed by atoms with E-state index in [1.807, 2.05) is 25.3 Å². The number of thiazole rings is 1. The molecule has 1 amide bonds. The lowest BCUT2D eigenvalue weighted by atomic mass is 10.2. The summed E-state index contributed by atoms with van der Waals surface area (Å²) < 4.78 is 12.4. The molecule has 0 aliphatic rings. The quantitative estimate of drug-likeness (QED) is 0.522. The summed E-state index contributed by atoms with van der Waals surface area (Å²) in [5.74, 6) is 0.717. The predicted octanol–water partition coefficient (Wildman–Crippen LogP) is 3.33. The Morgan fingerprint density at radius 2 is 2.00 bits per heavy atom. The van der Waals surface area contributed by atoms with Crippen molar-refractivity contribution in [2.75, 3.05) is 14.2 Å². The number of hydrazone groups is 1. The summed E-state index contributed by atoms with van der Waals surface area (Å²) in [5, 5.41) is 6.92. The lowest BCUT2D eigenvalue weighted by Crippen LogP contribution is -2.17. The van der Waals surface area contributed by atoms with Crippen LogP contribution in [0.25, 0.3) is 5.13 Å². The van der Waals surface area contributed by atoms with E-state index < -0.39 is 0 Å². The number of carbonyl (C=O) groups is 1. The summed E-state index contributed by atoms with van der Waals surface area (Å²) >= 11 is 1.57. The normalized spacial score (nSPS) is 11.0. The second-order valence-electron chi connectivity index (χ2n) is 5.75. The highest BCUT2D eigenvalue weighted by molar-refractivity contribution is 7.12. The van der Waals surface area contributed by atoms with Gasteiger partial charge in [-0.1, -0.05) is 0 Å². The van der Waals surface area contributed by atoms with Crippen molar-refractivity contribution in [1.29, 1.82) is 0 Å². The molecule has 0 saturated carbocycles. The Bertz CT molecular complexity index is 977. The van der Waals surface area contributed by atoms with Gasteiger partial charge in [0.05, 0.1) is 20.4 Å². The maximum Gasteiger partial charge on any atom is 0.271 e. The van der Waals surface area contributed by atoms with Gasteiger partial charge in [-0.25, -0.2) is 10.4 Å². The minimum Gasteiger partial charge on any atom is -0.493 e. The average molecular weight is 384 g/mol. The lowest BCUT2D eigenvalue weighted by molar-refractivity contribution is 0.0954. The second-order valence-corrected chi connectivity index (χ2v) is 6.62. The molecule has 0 atom stereocenters. The molecule has 0 aliphatic carbocycles. The summed E-state index contributed by atoms with van der Waals surface area (Å²) in [6, 6.07) is 6.94. The zero-order valence-corrected chi connectivity index (χ0v) is 16.3. The Kier molecular flexibility index (Phi) is 5.56. The molecule has 0 spiro atoms. The van der Waals surface area contributed by atoms with E-state index in [0.29, 0.717) is 17.1 Å². The fraction of sp³-hybridized carbons (Fsp3) is 0.211. The Hall–Kier alpha value is -3.13. The van der Waals surface area contributed by atoms with Crippen LogP contribution in [0.15, 0.2) is 40.9 Å². The van der Waals surface area contributed by atoms with Crippen molar-refractivity contribution in [3.8, 4) is 16.6 Å². The number of benzene rings is 1. The fourth-order valence-electron chi connectivity index (χ4n) is 2.74. The number of ether oxygens (including phenoxy) is 2. The van der Waals surface area contributed by atoms with Crippen LogP contribution < -0.4 is 14.9 Å². The van der Waals surface area contributed by atoms with Crippen LogP contribution in [-0.2, 0) is 0 Å². The van der Waals surface area contributed by atoms with Crippen LogP contribution in [-0.4, -0.2) is 35.9 Å². The van der Waals surface area contributed by atoms with Crippen LogP contribution in [0.3, 0.4) is 0 Å². The molecule has 0 unspecified atom stereocenters. The number of hydrogen-bond donors (Lipinski definition) is 1.